The highest BCUT2D eigenvalue weighted by Crippen LogP contribution is 2.44. The fraction of sp³-hybridized carbons (Fsp3) is 0.222. The van der Waals surface area contributed by atoms with E-state index in [0.29, 0.717) is 5.25 Å². The second-order valence-electron chi connectivity index (χ2n) is 8.79. The van der Waals surface area contributed by atoms with Crippen molar-refractivity contribution in [3.05, 3.63) is 71.9 Å². The SMILES string of the molecule is Cc1ccc2c3ccccc3n3c4cc(C5CCCS5)cc5cc[n+](C)c(c1c23)c54. The number of rotatable bonds is 1. The Hall–Kier alpha value is -2.78. The molecule has 0 radical (unpaired) electrons. The van der Waals surface area contributed by atoms with Crippen LogP contribution >= 0.6 is 11.8 Å². The van der Waals surface area contributed by atoms with Gasteiger partial charge in [0.25, 0.3) is 0 Å². The summed E-state index contributed by atoms with van der Waals surface area (Å²) in [6.45, 7) is 2.25. The third-order valence-electron chi connectivity index (χ3n) is 7.06. The summed E-state index contributed by atoms with van der Waals surface area (Å²) >= 11 is 2.12. The number of hydrogen-bond acceptors (Lipinski definition) is 1. The van der Waals surface area contributed by atoms with E-state index in [-0.39, 0.29) is 0 Å². The van der Waals surface area contributed by atoms with Crippen molar-refractivity contribution in [2.75, 3.05) is 5.75 Å². The van der Waals surface area contributed by atoms with Crippen LogP contribution in [-0.2, 0) is 7.05 Å². The molecule has 0 amide bonds. The smallest absolute Gasteiger partial charge is 0.224 e. The van der Waals surface area contributed by atoms with Crippen molar-refractivity contribution in [3.63, 3.8) is 0 Å². The maximum absolute atomic E-state index is 2.55. The van der Waals surface area contributed by atoms with Gasteiger partial charge in [-0.05, 0) is 60.2 Å². The third-order valence-corrected chi connectivity index (χ3v) is 8.50. The van der Waals surface area contributed by atoms with Crippen molar-refractivity contribution in [2.45, 2.75) is 25.0 Å². The van der Waals surface area contributed by atoms with Gasteiger partial charge in [-0.3, -0.25) is 0 Å². The summed E-state index contributed by atoms with van der Waals surface area (Å²) in [4.78, 5) is 0. The Morgan fingerprint density at radius 2 is 1.87 bits per heavy atom. The Kier molecular flexibility index (Phi) is 3.33. The average Bonchev–Trinajstić information content (AvgIpc) is 3.41. The number of aromatic nitrogens is 2. The summed E-state index contributed by atoms with van der Waals surface area (Å²) in [7, 11) is 2.19. The van der Waals surface area contributed by atoms with E-state index < -0.39 is 0 Å². The van der Waals surface area contributed by atoms with Crippen LogP contribution in [0.3, 0.4) is 0 Å². The summed E-state index contributed by atoms with van der Waals surface area (Å²) in [6.07, 6.45) is 4.86. The van der Waals surface area contributed by atoms with Crippen molar-refractivity contribution in [1.29, 1.82) is 0 Å². The lowest BCUT2D eigenvalue weighted by Gasteiger charge is -2.16. The van der Waals surface area contributed by atoms with Crippen molar-refractivity contribution in [2.24, 2.45) is 7.05 Å². The molecule has 0 spiro atoms. The Labute approximate surface area is 179 Å². The fourth-order valence-electron chi connectivity index (χ4n) is 5.72. The quantitative estimate of drug-likeness (QED) is 0.167. The van der Waals surface area contributed by atoms with Gasteiger partial charge < -0.3 is 4.40 Å². The number of pyridine rings is 2. The van der Waals surface area contributed by atoms with Gasteiger partial charge in [-0.2, -0.15) is 11.8 Å². The van der Waals surface area contributed by atoms with Crippen LogP contribution in [0.25, 0.3) is 49.0 Å². The van der Waals surface area contributed by atoms with E-state index in [1.54, 1.807) is 0 Å². The van der Waals surface area contributed by atoms with Crippen molar-refractivity contribution < 1.29 is 4.57 Å². The molecule has 146 valence electrons. The first-order valence-electron chi connectivity index (χ1n) is 10.8. The zero-order valence-corrected chi connectivity index (χ0v) is 18.1. The van der Waals surface area contributed by atoms with E-state index in [1.807, 2.05) is 0 Å². The molecule has 0 bridgehead atoms. The molecule has 1 fully saturated rings. The minimum Gasteiger partial charge on any atom is -0.307 e. The molecule has 3 aromatic carbocycles. The fourth-order valence-corrected chi connectivity index (χ4v) is 7.00. The number of thioether (sulfide) groups is 1. The molecular formula is C27H23N2S+. The molecular weight excluding hydrogens is 384 g/mol. The maximum atomic E-state index is 2.55. The highest BCUT2D eigenvalue weighted by molar-refractivity contribution is 7.99. The van der Waals surface area contributed by atoms with Crippen LogP contribution in [0.1, 0.15) is 29.2 Å². The molecule has 3 aromatic heterocycles. The van der Waals surface area contributed by atoms with Crippen molar-refractivity contribution >= 4 is 60.8 Å². The first-order valence-corrected chi connectivity index (χ1v) is 11.9. The molecule has 1 unspecified atom stereocenters. The van der Waals surface area contributed by atoms with E-state index in [1.165, 1.54) is 78.7 Å². The Morgan fingerprint density at radius 1 is 0.967 bits per heavy atom. The van der Waals surface area contributed by atoms with E-state index in [2.05, 4.69) is 95.5 Å². The Morgan fingerprint density at radius 3 is 2.73 bits per heavy atom. The van der Waals surface area contributed by atoms with Gasteiger partial charge in [-0.15, -0.1) is 0 Å². The third kappa shape index (κ3) is 2.04. The van der Waals surface area contributed by atoms with Gasteiger partial charge in [-0.1, -0.05) is 30.3 Å². The van der Waals surface area contributed by atoms with E-state index in [0.717, 1.165) is 0 Å². The first kappa shape index (κ1) is 17.0. The molecule has 6 aromatic rings. The lowest BCUT2D eigenvalue weighted by Crippen LogP contribution is -2.29. The van der Waals surface area contributed by atoms with Crippen molar-refractivity contribution in [1.82, 2.24) is 4.40 Å². The minimum atomic E-state index is 0.624. The van der Waals surface area contributed by atoms with Crippen LogP contribution < -0.4 is 4.57 Å². The number of hydrogen-bond donors (Lipinski definition) is 0. The molecule has 0 saturated carbocycles. The van der Waals surface area contributed by atoms with Gasteiger partial charge in [0.05, 0.1) is 27.3 Å². The molecule has 4 heterocycles. The molecule has 1 atom stereocenters. The number of aryl methyl sites for hydroxylation is 2. The Balaban J connectivity index is 1.83. The van der Waals surface area contributed by atoms with Crippen molar-refractivity contribution in [3.8, 4) is 0 Å². The Bertz CT molecular complexity index is 1620. The number of benzene rings is 3. The summed E-state index contributed by atoms with van der Waals surface area (Å²) in [5.74, 6) is 1.28. The van der Waals surface area contributed by atoms with Gasteiger partial charge in [0.1, 0.15) is 7.05 Å². The predicted molar refractivity (Wildman–Crippen MR) is 129 cm³/mol. The highest BCUT2D eigenvalue weighted by atomic mass is 32.2. The van der Waals surface area contributed by atoms with E-state index in [4.69, 9.17) is 0 Å². The molecule has 1 aliphatic rings. The van der Waals surface area contributed by atoms with Gasteiger partial charge in [-0.25, -0.2) is 4.57 Å². The largest absolute Gasteiger partial charge is 0.307 e. The second-order valence-corrected chi connectivity index (χ2v) is 10.1. The molecule has 7 rings (SSSR count). The molecule has 0 N–H and O–H groups in total. The number of nitrogens with zero attached hydrogens (tertiary/aromatic N) is 2. The molecule has 2 nitrogen and oxygen atoms in total. The van der Waals surface area contributed by atoms with Gasteiger partial charge >= 0.3 is 0 Å². The number of fused-ring (bicyclic) bond motifs is 5. The summed E-state index contributed by atoms with van der Waals surface area (Å²) < 4.78 is 4.87. The molecule has 3 heteroatoms. The molecule has 1 aliphatic heterocycles. The lowest BCUT2D eigenvalue weighted by atomic mass is 9.97. The summed E-state index contributed by atoms with van der Waals surface area (Å²) in [5, 5.41) is 7.46. The van der Waals surface area contributed by atoms with Crippen LogP contribution in [0.2, 0.25) is 0 Å². The zero-order valence-electron chi connectivity index (χ0n) is 17.3. The molecule has 30 heavy (non-hydrogen) atoms. The van der Waals surface area contributed by atoms with E-state index >= 15 is 0 Å². The van der Waals surface area contributed by atoms with Gasteiger partial charge in [0.15, 0.2) is 6.20 Å². The predicted octanol–water partition coefficient (Wildman–Crippen LogP) is 6.69. The van der Waals surface area contributed by atoms with Gasteiger partial charge in [0.2, 0.25) is 5.52 Å². The normalized spacial score (nSPS) is 17.5. The van der Waals surface area contributed by atoms with Crippen LogP contribution in [0.5, 0.6) is 0 Å². The molecule has 0 aliphatic carbocycles. The first-order chi connectivity index (χ1) is 14.7. The average molecular weight is 408 g/mol. The van der Waals surface area contributed by atoms with Crippen LogP contribution in [0, 0.1) is 6.92 Å². The standard InChI is InChI=1S/C27H23N2S/c1-16-9-10-20-19-6-3-4-7-21(19)29-22-15-18(23-8-5-13-30-23)14-17-11-12-28(2)27(25(17)22)24(16)26(20)29/h3-4,6-7,9-12,14-15,23H,5,8,13H2,1-2H3/q+1. The minimum absolute atomic E-state index is 0.624. The topological polar surface area (TPSA) is 8.29 Å². The second kappa shape index (κ2) is 5.89. The van der Waals surface area contributed by atoms with Crippen LogP contribution in [0.4, 0.5) is 0 Å². The number of para-hydroxylation sites is 1. The lowest BCUT2D eigenvalue weighted by molar-refractivity contribution is -0.643. The zero-order chi connectivity index (χ0) is 20.0. The summed E-state index contributed by atoms with van der Waals surface area (Å²) in [6, 6.07) is 20.8. The van der Waals surface area contributed by atoms with Crippen LogP contribution in [0.15, 0.2) is 60.8 Å². The highest BCUT2D eigenvalue weighted by Gasteiger charge is 2.26. The molecule has 1 saturated heterocycles. The maximum Gasteiger partial charge on any atom is 0.224 e. The monoisotopic (exact) mass is 407 g/mol. The van der Waals surface area contributed by atoms with E-state index in [9.17, 15) is 0 Å². The summed E-state index contributed by atoms with van der Waals surface area (Å²) in [5.41, 5.74) is 8.21. The van der Waals surface area contributed by atoms with Gasteiger partial charge in [0, 0.05) is 22.1 Å². The van der Waals surface area contributed by atoms with Crippen LogP contribution in [-0.4, -0.2) is 10.2 Å².